The summed E-state index contributed by atoms with van der Waals surface area (Å²) >= 11 is 0. The Labute approximate surface area is 185 Å². The number of hydrogen-bond acceptors (Lipinski definition) is 6. The Hall–Kier alpha value is -4.39. The lowest BCUT2D eigenvalue weighted by molar-refractivity contribution is 0.102. The number of hydrogen-bond donors (Lipinski definition) is 1. The van der Waals surface area contributed by atoms with E-state index in [9.17, 15) is 4.79 Å². The molecule has 3 aromatic carbocycles. The lowest BCUT2D eigenvalue weighted by Crippen LogP contribution is -2.12. The summed E-state index contributed by atoms with van der Waals surface area (Å²) in [6, 6.07) is 23.5. The van der Waals surface area contributed by atoms with E-state index in [1.54, 1.807) is 50.6 Å². The lowest BCUT2D eigenvalue weighted by atomic mass is 10.1. The third-order valence-electron chi connectivity index (χ3n) is 4.72. The van der Waals surface area contributed by atoms with Crippen molar-refractivity contribution in [2.45, 2.75) is 0 Å². The van der Waals surface area contributed by atoms with E-state index < -0.39 is 0 Å². The fourth-order valence-corrected chi connectivity index (χ4v) is 3.10. The van der Waals surface area contributed by atoms with Gasteiger partial charge in [0.15, 0.2) is 11.5 Å². The van der Waals surface area contributed by atoms with Crippen LogP contribution in [0.3, 0.4) is 0 Å². The van der Waals surface area contributed by atoms with Crippen LogP contribution in [0.4, 0.5) is 5.69 Å². The second-order valence-electron chi connectivity index (χ2n) is 6.73. The number of nitrogens with zero attached hydrogens (tertiary/aromatic N) is 2. The van der Waals surface area contributed by atoms with Crippen LogP contribution in [0.1, 0.15) is 10.4 Å². The van der Waals surface area contributed by atoms with Crippen molar-refractivity contribution in [2.75, 3.05) is 19.5 Å². The maximum Gasteiger partial charge on any atom is 0.255 e. The molecule has 32 heavy (non-hydrogen) atoms. The molecule has 0 bridgehead atoms. The van der Waals surface area contributed by atoms with Gasteiger partial charge in [0.1, 0.15) is 12.1 Å². The minimum Gasteiger partial charge on any atom is -0.495 e. The first-order valence-electron chi connectivity index (χ1n) is 9.85. The second-order valence-corrected chi connectivity index (χ2v) is 6.73. The number of carbonyl (C=O) groups excluding carboxylic acids is 1. The van der Waals surface area contributed by atoms with E-state index >= 15 is 0 Å². The molecule has 4 rings (SSSR count). The summed E-state index contributed by atoms with van der Waals surface area (Å²) in [7, 11) is 3.15. The van der Waals surface area contributed by atoms with Gasteiger partial charge in [0.25, 0.3) is 5.91 Å². The number of methoxy groups -OCH3 is 2. The first-order chi connectivity index (χ1) is 15.7. The summed E-state index contributed by atoms with van der Waals surface area (Å²) in [5.41, 5.74) is 2.62. The maximum absolute atomic E-state index is 12.6. The molecular weight excluding hydrogens is 406 g/mol. The van der Waals surface area contributed by atoms with E-state index in [2.05, 4.69) is 15.3 Å². The fraction of sp³-hybridized carbons (Fsp3) is 0.0800. The molecule has 1 amide bonds. The standard InChI is InChI=1S/C25H21N3O4/c1-30-21-8-4-3-7-19(21)28-25(29)18-13-11-17(12-14-18)20-15-24(27-16-26-20)32-23-10-6-5-9-22(23)31-2/h3-16H,1-2H3,(H,28,29). The van der Waals surface area contributed by atoms with Gasteiger partial charge in [-0.2, -0.15) is 0 Å². The molecule has 1 N–H and O–H groups in total. The van der Waals surface area contributed by atoms with Crippen LogP contribution in [-0.4, -0.2) is 30.1 Å². The summed E-state index contributed by atoms with van der Waals surface area (Å²) in [5.74, 6) is 1.92. The monoisotopic (exact) mass is 427 g/mol. The molecule has 0 aliphatic carbocycles. The van der Waals surface area contributed by atoms with Gasteiger partial charge in [-0.1, -0.05) is 36.4 Å². The number of nitrogens with one attached hydrogen (secondary N) is 1. The lowest BCUT2D eigenvalue weighted by Gasteiger charge is -2.11. The van der Waals surface area contributed by atoms with Crippen LogP contribution in [0, 0.1) is 0 Å². The van der Waals surface area contributed by atoms with Crippen molar-refractivity contribution in [3.8, 4) is 34.4 Å². The Balaban J connectivity index is 1.50. The van der Waals surface area contributed by atoms with E-state index in [-0.39, 0.29) is 5.91 Å². The average molecular weight is 427 g/mol. The predicted molar refractivity (Wildman–Crippen MR) is 121 cm³/mol. The Morgan fingerprint density at radius 3 is 2.16 bits per heavy atom. The van der Waals surface area contributed by atoms with Crippen molar-refractivity contribution >= 4 is 11.6 Å². The molecule has 160 valence electrons. The van der Waals surface area contributed by atoms with Gasteiger partial charge in [0.05, 0.1) is 25.6 Å². The van der Waals surface area contributed by atoms with Crippen LogP contribution in [0.5, 0.6) is 23.1 Å². The van der Waals surface area contributed by atoms with Gasteiger partial charge in [0, 0.05) is 17.2 Å². The topological polar surface area (TPSA) is 82.6 Å². The molecule has 7 nitrogen and oxygen atoms in total. The molecule has 7 heteroatoms. The number of benzene rings is 3. The molecule has 0 aliphatic heterocycles. The molecule has 0 saturated heterocycles. The number of ether oxygens (including phenoxy) is 3. The summed E-state index contributed by atoms with van der Waals surface area (Å²) < 4.78 is 16.5. The zero-order chi connectivity index (χ0) is 22.3. The van der Waals surface area contributed by atoms with Crippen LogP contribution in [0.2, 0.25) is 0 Å². The molecule has 0 aliphatic rings. The molecule has 1 aromatic heterocycles. The van der Waals surface area contributed by atoms with Crippen LogP contribution in [-0.2, 0) is 0 Å². The quantitative estimate of drug-likeness (QED) is 0.436. The van der Waals surface area contributed by atoms with Crippen LogP contribution in [0.25, 0.3) is 11.3 Å². The summed E-state index contributed by atoms with van der Waals surface area (Å²) in [4.78, 5) is 21.1. The molecule has 0 spiro atoms. The highest BCUT2D eigenvalue weighted by atomic mass is 16.5. The molecule has 1 heterocycles. The Bertz CT molecular complexity index is 1230. The van der Waals surface area contributed by atoms with Crippen molar-refractivity contribution < 1.29 is 19.0 Å². The number of para-hydroxylation sites is 4. The highest BCUT2D eigenvalue weighted by Gasteiger charge is 2.11. The van der Waals surface area contributed by atoms with Crippen molar-refractivity contribution in [3.05, 3.63) is 90.8 Å². The van der Waals surface area contributed by atoms with Gasteiger partial charge < -0.3 is 19.5 Å². The predicted octanol–water partition coefficient (Wildman–Crippen LogP) is 5.21. The van der Waals surface area contributed by atoms with Gasteiger partial charge >= 0.3 is 0 Å². The number of amides is 1. The van der Waals surface area contributed by atoms with E-state index in [1.165, 1.54) is 6.33 Å². The highest BCUT2D eigenvalue weighted by Crippen LogP contribution is 2.31. The van der Waals surface area contributed by atoms with E-state index in [1.807, 2.05) is 42.5 Å². The molecule has 0 saturated carbocycles. The van der Waals surface area contributed by atoms with Gasteiger partial charge in [-0.25, -0.2) is 9.97 Å². The largest absolute Gasteiger partial charge is 0.495 e. The Kier molecular flexibility index (Phi) is 6.27. The van der Waals surface area contributed by atoms with Crippen LogP contribution >= 0.6 is 0 Å². The third kappa shape index (κ3) is 4.67. The van der Waals surface area contributed by atoms with Gasteiger partial charge in [0.2, 0.25) is 5.88 Å². The van der Waals surface area contributed by atoms with Crippen molar-refractivity contribution in [2.24, 2.45) is 0 Å². The molecule has 4 aromatic rings. The van der Waals surface area contributed by atoms with Gasteiger partial charge in [-0.3, -0.25) is 4.79 Å². The first kappa shape index (κ1) is 20.9. The minimum atomic E-state index is -0.232. The maximum atomic E-state index is 12.6. The van der Waals surface area contributed by atoms with Gasteiger partial charge in [-0.15, -0.1) is 0 Å². The summed E-state index contributed by atoms with van der Waals surface area (Å²) in [6.45, 7) is 0. The third-order valence-corrected chi connectivity index (χ3v) is 4.72. The molecule has 0 unspecified atom stereocenters. The minimum absolute atomic E-state index is 0.232. The Morgan fingerprint density at radius 1 is 0.781 bits per heavy atom. The van der Waals surface area contributed by atoms with Crippen molar-refractivity contribution in [3.63, 3.8) is 0 Å². The van der Waals surface area contributed by atoms with Crippen molar-refractivity contribution in [1.29, 1.82) is 0 Å². The number of aromatic nitrogens is 2. The fourth-order valence-electron chi connectivity index (χ4n) is 3.10. The van der Waals surface area contributed by atoms with Crippen LogP contribution < -0.4 is 19.5 Å². The Morgan fingerprint density at radius 2 is 1.44 bits per heavy atom. The molecule has 0 atom stereocenters. The number of carbonyl (C=O) groups is 1. The molecule has 0 radical (unpaired) electrons. The molecule has 0 fully saturated rings. The van der Waals surface area contributed by atoms with Crippen LogP contribution in [0.15, 0.2) is 85.2 Å². The smallest absolute Gasteiger partial charge is 0.255 e. The zero-order valence-corrected chi connectivity index (χ0v) is 17.6. The normalized spacial score (nSPS) is 10.3. The second kappa shape index (κ2) is 9.61. The van der Waals surface area contributed by atoms with Gasteiger partial charge in [-0.05, 0) is 36.4 Å². The zero-order valence-electron chi connectivity index (χ0n) is 17.6. The first-order valence-corrected chi connectivity index (χ1v) is 9.85. The van der Waals surface area contributed by atoms with E-state index in [4.69, 9.17) is 14.2 Å². The summed E-state index contributed by atoms with van der Waals surface area (Å²) in [6.07, 6.45) is 1.43. The van der Waals surface area contributed by atoms with E-state index in [0.717, 1.165) is 5.56 Å². The number of anilines is 1. The average Bonchev–Trinajstić information content (AvgIpc) is 2.85. The van der Waals surface area contributed by atoms with Crippen molar-refractivity contribution in [1.82, 2.24) is 9.97 Å². The SMILES string of the molecule is COc1ccccc1NC(=O)c1ccc(-c2cc(Oc3ccccc3OC)ncn2)cc1. The summed E-state index contributed by atoms with van der Waals surface area (Å²) in [5, 5.41) is 2.86. The number of rotatable bonds is 7. The molecular formula is C25H21N3O4. The highest BCUT2D eigenvalue weighted by molar-refractivity contribution is 6.05. The van der Waals surface area contributed by atoms with E-state index in [0.29, 0.717) is 40.1 Å².